The number of aliphatic hydroxyl groups excluding tert-OH is 2. The van der Waals surface area contributed by atoms with Gasteiger partial charge in [0.1, 0.15) is 18.0 Å². The third-order valence-electron chi connectivity index (χ3n) is 5.43. The van der Waals surface area contributed by atoms with Gasteiger partial charge in [0.05, 0.1) is 19.0 Å². The number of aliphatic hydroxyl groups is 2. The number of fused-ring (bicyclic) bond motifs is 3. The summed E-state index contributed by atoms with van der Waals surface area (Å²) < 4.78 is 8.98. The van der Waals surface area contributed by atoms with Gasteiger partial charge in [-0.25, -0.2) is 15.0 Å². The molecule has 0 unspecified atom stereocenters. The van der Waals surface area contributed by atoms with Crippen molar-refractivity contribution in [1.29, 1.82) is 0 Å². The number of imidazole rings is 1. The Balaban J connectivity index is 1.43. The summed E-state index contributed by atoms with van der Waals surface area (Å²) in [5, 5.41) is 26.7. The van der Waals surface area contributed by atoms with Gasteiger partial charge in [0, 0.05) is 16.7 Å². The summed E-state index contributed by atoms with van der Waals surface area (Å²) in [4.78, 5) is 13.2. The van der Waals surface area contributed by atoms with Crippen LogP contribution in [0.1, 0.15) is 11.8 Å². The van der Waals surface area contributed by atoms with Crippen LogP contribution in [0.15, 0.2) is 36.9 Å². The molecule has 0 aliphatic carbocycles. The second kappa shape index (κ2) is 6.88. The first-order valence-corrected chi connectivity index (χ1v) is 10.1. The number of rotatable bonds is 5. The molecule has 3 aromatic rings. The summed E-state index contributed by atoms with van der Waals surface area (Å²) in [6.07, 6.45) is 1.83. The Labute approximate surface area is 174 Å². The van der Waals surface area contributed by atoms with Crippen LogP contribution in [0, 0.1) is 3.57 Å². The van der Waals surface area contributed by atoms with Crippen LogP contribution < -0.4 is 10.6 Å². The molecule has 5 rings (SSSR count). The first kappa shape index (κ1) is 18.2. The van der Waals surface area contributed by atoms with Crippen LogP contribution in [0.25, 0.3) is 11.2 Å². The van der Waals surface area contributed by atoms with Crippen molar-refractivity contribution in [2.24, 2.45) is 0 Å². The number of morpholine rings is 1. The van der Waals surface area contributed by atoms with Crippen LogP contribution in [0.5, 0.6) is 0 Å². The van der Waals surface area contributed by atoms with Crippen molar-refractivity contribution in [3.63, 3.8) is 0 Å². The normalized spacial score (nSPS) is 28.9. The summed E-state index contributed by atoms with van der Waals surface area (Å²) >= 11 is 2.29. The number of halogens is 1. The highest BCUT2D eigenvalue weighted by molar-refractivity contribution is 14.1. The number of anilines is 1. The second-order valence-electron chi connectivity index (χ2n) is 7.11. The van der Waals surface area contributed by atoms with E-state index >= 15 is 0 Å². The third kappa shape index (κ3) is 2.78. The second-order valence-corrected chi connectivity index (χ2v) is 8.36. The molecule has 0 spiro atoms. The van der Waals surface area contributed by atoms with E-state index in [1.54, 1.807) is 10.9 Å². The predicted molar refractivity (Wildman–Crippen MR) is 110 cm³/mol. The van der Waals surface area contributed by atoms with Crippen LogP contribution in [-0.2, 0) is 11.3 Å². The Kier molecular flexibility index (Phi) is 4.47. The molecule has 146 valence electrons. The third-order valence-corrected chi connectivity index (χ3v) is 6.10. The standard InChI is InChI=1S/C18H19IN6O3/c19-11-3-1-2-10(4-11)5-20-15-13-16(23-8-22-15)25(9-24-13)17-12-14(27)18(7-26,28-17)6-21-12/h1-4,8-9,12,14,17,21,26-27H,5-7H2,(H,20,22,23)/t12-,14+,17-,18+/m1/s1. The molecule has 0 amide bonds. The maximum Gasteiger partial charge on any atom is 0.167 e. The molecule has 2 aliphatic heterocycles. The van der Waals surface area contributed by atoms with E-state index in [-0.39, 0.29) is 12.6 Å². The largest absolute Gasteiger partial charge is 0.393 e. The Morgan fingerprint density at radius 3 is 3.04 bits per heavy atom. The van der Waals surface area contributed by atoms with E-state index in [9.17, 15) is 10.2 Å². The van der Waals surface area contributed by atoms with E-state index in [0.29, 0.717) is 30.1 Å². The van der Waals surface area contributed by atoms with Gasteiger partial charge in [-0.15, -0.1) is 0 Å². The molecule has 2 aromatic heterocycles. The van der Waals surface area contributed by atoms with Crippen molar-refractivity contribution in [3.8, 4) is 0 Å². The van der Waals surface area contributed by atoms with E-state index in [1.807, 2.05) is 12.1 Å². The minimum Gasteiger partial charge on any atom is -0.393 e. The minimum absolute atomic E-state index is 0.252. The van der Waals surface area contributed by atoms with E-state index in [4.69, 9.17) is 4.74 Å². The molecule has 2 saturated heterocycles. The van der Waals surface area contributed by atoms with E-state index in [1.165, 1.54) is 9.90 Å². The Bertz CT molecular complexity index is 1030. The number of ether oxygens (including phenoxy) is 1. The predicted octanol–water partition coefficient (Wildman–Crippen LogP) is 0.636. The van der Waals surface area contributed by atoms with Crippen molar-refractivity contribution in [3.05, 3.63) is 46.1 Å². The average Bonchev–Trinajstić information content (AvgIpc) is 3.36. The van der Waals surface area contributed by atoms with Gasteiger partial charge in [0.15, 0.2) is 23.2 Å². The average molecular weight is 494 g/mol. The van der Waals surface area contributed by atoms with Gasteiger partial charge < -0.3 is 25.6 Å². The number of nitrogens with one attached hydrogen (secondary N) is 2. The van der Waals surface area contributed by atoms with E-state index < -0.39 is 17.9 Å². The zero-order chi connectivity index (χ0) is 19.3. The highest BCUT2D eigenvalue weighted by atomic mass is 127. The van der Waals surface area contributed by atoms with Crippen molar-refractivity contribution in [2.75, 3.05) is 18.5 Å². The molecule has 9 nitrogen and oxygen atoms in total. The van der Waals surface area contributed by atoms with Crippen molar-refractivity contribution in [1.82, 2.24) is 24.8 Å². The molecular formula is C18H19IN6O3. The Morgan fingerprint density at radius 1 is 1.36 bits per heavy atom. The molecule has 4 atom stereocenters. The van der Waals surface area contributed by atoms with Gasteiger partial charge in [-0.1, -0.05) is 12.1 Å². The lowest BCUT2D eigenvalue weighted by molar-refractivity contribution is -0.130. The van der Waals surface area contributed by atoms with Crippen molar-refractivity contribution < 1.29 is 14.9 Å². The summed E-state index contributed by atoms with van der Waals surface area (Å²) in [6.45, 7) is 0.779. The topological polar surface area (TPSA) is 117 Å². The molecule has 2 aliphatic rings. The first-order valence-electron chi connectivity index (χ1n) is 8.97. The Morgan fingerprint density at radius 2 is 2.25 bits per heavy atom. The fraction of sp³-hybridized carbons (Fsp3) is 0.389. The zero-order valence-electron chi connectivity index (χ0n) is 14.8. The summed E-state index contributed by atoms with van der Waals surface area (Å²) in [5.41, 5.74) is 1.41. The van der Waals surface area contributed by atoms with Gasteiger partial charge in [-0.2, -0.15) is 0 Å². The fourth-order valence-corrected chi connectivity index (χ4v) is 4.54. The summed E-state index contributed by atoms with van der Waals surface area (Å²) in [5.74, 6) is 0.635. The first-order chi connectivity index (χ1) is 13.6. The lowest BCUT2D eigenvalue weighted by Crippen LogP contribution is -2.46. The van der Waals surface area contributed by atoms with Gasteiger partial charge in [-0.3, -0.25) is 4.57 Å². The van der Waals surface area contributed by atoms with Gasteiger partial charge >= 0.3 is 0 Å². The van der Waals surface area contributed by atoms with Crippen LogP contribution in [0.4, 0.5) is 5.82 Å². The van der Waals surface area contributed by atoms with Gasteiger partial charge in [-0.05, 0) is 40.3 Å². The van der Waals surface area contributed by atoms with E-state index in [2.05, 4.69) is 60.3 Å². The molecule has 28 heavy (non-hydrogen) atoms. The molecule has 2 bridgehead atoms. The zero-order valence-corrected chi connectivity index (χ0v) is 16.9. The van der Waals surface area contributed by atoms with Crippen LogP contribution in [0.2, 0.25) is 0 Å². The molecule has 1 aromatic carbocycles. The number of benzene rings is 1. The minimum atomic E-state index is -0.982. The molecule has 4 heterocycles. The summed E-state index contributed by atoms with van der Waals surface area (Å²) in [6, 6.07) is 7.89. The molecule has 0 radical (unpaired) electrons. The molecule has 2 fully saturated rings. The number of aromatic nitrogens is 4. The van der Waals surface area contributed by atoms with Crippen LogP contribution in [0.3, 0.4) is 0 Å². The number of hydrogen-bond donors (Lipinski definition) is 4. The highest BCUT2D eigenvalue weighted by Crippen LogP contribution is 2.42. The van der Waals surface area contributed by atoms with E-state index in [0.717, 1.165) is 5.56 Å². The fourth-order valence-electron chi connectivity index (χ4n) is 3.93. The van der Waals surface area contributed by atoms with Crippen molar-refractivity contribution in [2.45, 2.75) is 30.5 Å². The number of hydrogen-bond acceptors (Lipinski definition) is 8. The smallest absolute Gasteiger partial charge is 0.167 e. The molecule has 4 N–H and O–H groups in total. The van der Waals surface area contributed by atoms with Crippen molar-refractivity contribution >= 4 is 39.6 Å². The lowest BCUT2D eigenvalue weighted by Gasteiger charge is -2.30. The molecule has 10 heteroatoms. The lowest BCUT2D eigenvalue weighted by atomic mass is 10.0. The highest BCUT2D eigenvalue weighted by Gasteiger charge is 2.60. The monoisotopic (exact) mass is 494 g/mol. The quantitative estimate of drug-likeness (QED) is 0.382. The molecular weight excluding hydrogens is 475 g/mol. The van der Waals surface area contributed by atoms with Crippen LogP contribution >= 0.6 is 22.6 Å². The van der Waals surface area contributed by atoms with Crippen LogP contribution in [-0.4, -0.2) is 60.6 Å². The maximum absolute atomic E-state index is 10.5. The van der Waals surface area contributed by atoms with Gasteiger partial charge in [0.25, 0.3) is 0 Å². The van der Waals surface area contributed by atoms with Gasteiger partial charge in [0.2, 0.25) is 0 Å². The maximum atomic E-state index is 10.5. The summed E-state index contributed by atoms with van der Waals surface area (Å²) in [7, 11) is 0. The SMILES string of the molecule is OC[C@]12CN[C@@H]([C@H](n3cnc4c(NCc5cccc(I)c5)ncnc43)O1)[C@@H]2O. The Hall–Kier alpha value is -1.86. The number of nitrogens with zero attached hydrogens (tertiary/aromatic N) is 4. The molecule has 0 saturated carbocycles.